The van der Waals surface area contributed by atoms with E-state index in [-0.39, 0.29) is 17.7 Å². The number of likely N-dealkylation sites (tertiary alicyclic amines) is 1. The molecule has 4 nitrogen and oxygen atoms in total. The van der Waals surface area contributed by atoms with Crippen LogP contribution in [0.1, 0.15) is 31.2 Å². The highest BCUT2D eigenvalue weighted by Gasteiger charge is 2.24. The number of hydrogen-bond acceptors (Lipinski definition) is 3. The fraction of sp³-hybridized carbons (Fsp3) is 0.562. The molecule has 0 aliphatic carbocycles. The van der Waals surface area contributed by atoms with Gasteiger partial charge in [-0.15, -0.1) is 0 Å². The SMILES string of the molecule is NCC1CCCCN1C(=O)CCc1ccc(OC(F)F)cc1. The maximum absolute atomic E-state index is 12.3. The van der Waals surface area contributed by atoms with Crippen LogP contribution in [0.25, 0.3) is 0 Å². The third-order valence-corrected chi connectivity index (χ3v) is 4.00. The van der Waals surface area contributed by atoms with Crippen LogP contribution in [0.2, 0.25) is 0 Å². The maximum atomic E-state index is 12.3. The van der Waals surface area contributed by atoms with Gasteiger partial charge < -0.3 is 15.4 Å². The molecule has 2 rings (SSSR count). The summed E-state index contributed by atoms with van der Waals surface area (Å²) < 4.78 is 28.4. The number of piperidine rings is 1. The van der Waals surface area contributed by atoms with E-state index in [4.69, 9.17) is 5.73 Å². The van der Waals surface area contributed by atoms with Gasteiger partial charge in [0.2, 0.25) is 5.91 Å². The van der Waals surface area contributed by atoms with Crippen molar-refractivity contribution >= 4 is 5.91 Å². The first-order valence-corrected chi connectivity index (χ1v) is 7.63. The van der Waals surface area contributed by atoms with Crippen molar-refractivity contribution in [3.05, 3.63) is 29.8 Å². The molecule has 1 atom stereocenters. The Labute approximate surface area is 129 Å². The lowest BCUT2D eigenvalue weighted by Gasteiger charge is -2.35. The third-order valence-electron chi connectivity index (χ3n) is 4.00. The summed E-state index contributed by atoms with van der Waals surface area (Å²) in [6.07, 6.45) is 4.12. The number of nitrogens with zero attached hydrogens (tertiary/aromatic N) is 1. The zero-order chi connectivity index (χ0) is 15.9. The van der Waals surface area contributed by atoms with Crippen LogP contribution in [0.3, 0.4) is 0 Å². The standard InChI is InChI=1S/C16H22F2N2O2/c17-16(18)22-14-7-4-12(5-8-14)6-9-15(21)20-10-2-1-3-13(20)11-19/h4-5,7-8,13,16H,1-3,6,9-11,19H2. The summed E-state index contributed by atoms with van der Waals surface area (Å²) in [5.74, 6) is 0.243. The number of halogens is 2. The smallest absolute Gasteiger partial charge is 0.387 e. The first kappa shape index (κ1) is 16.7. The highest BCUT2D eigenvalue weighted by Crippen LogP contribution is 2.19. The first-order valence-electron chi connectivity index (χ1n) is 7.63. The molecule has 0 radical (unpaired) electrons. The summed E-state index contributed by atoms with van der Waals surface area (Å²) >= 11 is 0. The summed E-state index contributed by atoms with van der Waals surface area (Å²) in [5, 5.41) is 0. The molecule has 1 aromatic rings. The number of benzene rings is 1. The van der Waals surface area contributed by atoms with Crippen molar-refractivity contribution in [1.29, 1.82) is 0 Å². The lowest BCUT2D eigenvalue weighted by molar-refractivity contribution is -0.134. The number of amides is 1. The Morgan fingerprint density at radius 3 is 2.68 bits per heavy atom. The second-order valence-electron chi connectivity index (χ2n) is 5.49. The van der Waals surface area contributed by atoms with E-state index in [2.05, 4.69) is 4.74 Å². The average Bonchev–Trinajstić information content (AvgIpc) is 2.53. The van der Waals surface area contributed by atoms with Crippen LogP contribution < -0.4 is 10.5 Å². The number of aryl methyl sites for hydroxylation is 1. The zero-order valence-corrected chi connectivity index (χ0v) is 12.5. The molecule has 122 valence electrons. The summed E-state index contributed by atoms with van der Waals surface area (Å²) in [7, 11) is 0. The van der Waals surface area contributed by atoms with Crippen LogP contribution in [-0.2, 0) is 11.2 Å². The lowest BCUT2D eigenvalue weighted by atomic mass is 10.0. The number of ether oxygens (including phenoxy) is 1. The second kappa shape index (κ2) is 8.08. The van der Waals surface area contributed by atoms with Gasteiger partial charge in [-0.2, -0.15) is 8.78 Å². The molecule has 1 heterocycles. The Kier molecular flexibility index (Phi) is 6.12. The van der Waals surface area contributed by atoms with E-state index in [0.29, 0.717) is 19.4 Å². The van der Waals surface area contributed by atoms with Crippen molar-refractivity contribution < 1.29 is 18.3 Å². The van der Waals surface area contributed by atoms with Gasteiger partial charge >= 0.3 is 6.61 Å². The van der Waals surface area contributed by atoms with Gasteiger partial charge in [0.05, 0.1) is 0 Å². The minimum absolute atomic E-state index is 0.114. The number of carbonyl (C=O) groups is 1. The van der Waals surface area contributed by atoms with Gasteiger partial charge in [0.1, 0.15) is 5.75 Å². The first-order chi connectivity index (χ1) is 10.6. The Hall–Kier alpha value is -1.69. The predicted octanol–water partition coefficient (Wildman–Crippen LogP) is 2.56. The maximum Gasteiger partial charge on any atom is 0.387 e. The van der Waals surface area contributed by atoms with E-state index in [1.54, 1.807) is 12.1 Å². The highest BCUT2D eigenvalue weighted by molar-refractivity contribution is 5.77. The van der Waals surface area contributed by atoms with Crippen LogP contribution in [0, 0.1) is 0 Å². The molecular formula is C16H22F2N2O2. The molecular weight excluding hydrogens is 290 g/mol. The molecule has 0 aromatic heterocycles. The molecule has 0 bridgehead atoms. The van der Waals surface area contributed by atoms with E-state index in [1.165, 1.54) is 12.1 Å². The van der Waals surface area contributed by atoms with Crippen LogP contribution >= 0.6 is 0 Å². The molecule has 0 spiro atoms. The summed E-state index contributed by atoms with van der Waals surface area (Å²) in [5.41, 5.74) is 6.65. The van der Waals surface area contributed by atoms with Crippen molar-refractivity contribution in [3.8, 4) is 5.75 Å². The van der Waals surface area contributed by atoms with E-state index >= 15 is 0 Å². The van der Waals surface area contributed by atoms with Gasteiger partial charge in [0.25, 0.3) is 0 Å². The molecule has 6 heteroatoms. The molecule has 1 amide bonds. The van der Waals surface area contributed by atoms with E-state index in [9.17, 15) is 13.6 Å². The molecule has 1 unspecified atom stereocenters. The number of nitrogens with two attached hydrogens (primary N) is 1. The van der Waals surface area contributed by atoms with E-state index < -0.39 is 6.61 Å². The number of carbonyl (C=O) groups excluding carboxylic acids is 1. The minimum atomic E-state index is -2.82. The molecule has 1 aromatic carbocycles. The fourth-order valence-electron chi connectivity index (χ4n) is 2.81. The van der Waals surface area contributed by atoms with Crippen molar-refractivity contribution in [1.82, 2.24) is 4.90 Å². The predicted molar refractivity (Wildman–Crippen MR) is 79.8 cm³/mol. The van der Waals surface area contributed by atoms with Crippen LogP contribution in [-0.4, -0.2) is 36.5 Å². The molecule has 22 heavy (non-hydrogen) atoms. The van der Waals surface area contributed by atoms with Crippen LogP contribution in [0.5, 0.6) is 5.75 Å². The van der Waals surface area contributed by atoms with Crippen LogP contribution in [0.4, 0.5) is 8.78 Å². The quantitative estimate of drug-likeness (QED) is 0.878. The monoisotopic (exact) mass is 312 g/mol. The molecule has 0 saturated carbocycles. The summed E-state index contributed by atoms with van der Waals surface area (Å²) in [6, 6.07) is 6.57. The van der Waals surface area contributed by atoms with Crippen molar-refractivity contribution in [2.75, 3.05) is 13.1 Å². The van der Waals surface area contributed by atoms with Crippen molar-refractivity contribution in [2.24, 2.45) is 5.73 Å². The van der Waals surface area contributed by atoms with Crippen molar-refractivity contribution in [3.63, 3.8) is 0 Å². The molecule has 1 aliphatic rings. The molecule has 1 saturated heterocycles. The fourth-order valence-corrected chi connectivity index (χ4v) is 2.81. The number of rotatable bonds is 6. The molecule has 2 N–H and O–H groups in total. The zero-order valence-electron chi connectivity index (χ0n) is 12.5. The van der Waals surface area contributed by atoms with Gasteiger partial charge in [0.15, 0.2) is 0 Å². The van der Waals surface area contributed by atoms with Crippen molar-refractivity contribution in [2.45, 2.75) is 44.8 Å². The van der Waals surface area contributed by atoms with Gasteiger partial charge in [-0.05, 0) is 43.4 Å². The summed E-state index contributed by atoms with van der Waals surface area (Å²) in [6.45, 7) is -1.53. The summed E-state index contributed by atoms with van der Waals surface area (Å²) in [4.78, 5) is 14.2. The Morgan fingerprint density at radius 2 is 2.05 bits per heavy atom. The van der Waals surface area contributed by atoms with Gasteiger partial charge in [-0.25, -0.2) is 0 Å². The average molecular weight is 312 g/mol. The topological polar surface area (TPSA) is 55.6 Å². The Balaban J connectivity index is 1.85. The molecule has 1 aliphatic heterocycles. The normalized spacial score (nSPS) is 18.5. The number of hydrogen-bond donors (Lipinski definition) is 1. The Morgan fingerprint density at radius 1 is 1.32 bits per heavy atom. The lowest BCUT2D eigenvalue weighted by Crippen LogP contribution is -2.47. The van der Waals surface area contributed by atoms with Gasteiger partial charge in [0, 0.05) is 25.6 Å². The van der Waals surface area contributed by atoms with E-state index in [1.807, 2.05) is 4.90 Å². The number of alkyl halides is 2. The van der Waals surface area contributed by atoms with Gasteiger partial charge in [-0.1, -0.05) is 12.1 Å². The molecule has 1 fully saturated rings. The largest absolute Gasteiger partial charge is 0.435 e. The second-order valence-corrected chi connectivity index (χ2v) is 5.49. The minimum Gasteiger partial charge on any atom is -0.435 e. The van der Waals surface area contributed by atoms with E-state index in [0.717, 1.165) is 31.4 Å². The van der Waals surface area contributed by atoms with Crippen LogP contribution in [0.15, 0.2) is 24.3 Å². The Bertz CT molecular complexity index is 480. The third kappa shape index (κ3) is 4.66. The van der Waals surface area contributed by atoms with Gasteiger partial charge in [-0.3, -0.25) is 4.79 Å². The highest BCUT2D eigenvalue weighted by atomic mass is 19.3.